The minimum atomic E-state index is -0.902. The monoisotopic (exact) mass is 491 g/mol. The SMILES string of the molecule is O=C(NC1CCC(c2ccccc2)C1)c1ccc(Oc2cc3c(cc2Cl)C(C(=O)O)CCO3)cc1. The van der Waals surface area contributed by atoms with Gasteiger partial charge in [-0.05, 0) is 67.5 Å². The third-order valence-electron chi connectivity index (χ3n) is 6.79. The van der Waals surface area contributed by atoms with Crippen molar-refractivity contribution < 1.29 is 24.2 Å². The summed E-state index contributed by atoms with van der Waals surface area (Å²) >= 11 is 6.38. The van der Waals surface area contributed by atoms with Gasteiger partial charge in [-0.1, -0.05) is 41.9 Å². The Kier molecular flexibility index (Phi) is 6.64. The van der Waals surface area contributed by atoms with E-state index in [9.17, 15) is 14.7 Å². The van der Waals surface area contributed by atoms with E-state index in [1.54, 1.807) is 36.4 Å². The van der Waals surface area contributed by atoms with Crippen LogP contribution < -0.4 is 14.8 Å². The highest BCUT2D eigenvalue weighted by atomic mass is 35.5. The molecule has 3 atom stereocenters. The number of halogens is 1. The number of carboxylic acid groups (broad SMARTS) is 1. The number of amides is 1. The average Bonchev–Trinajstić information content (AvgIpc) is 3.33. The van der Waals surface area contributed by atoms with Crippen LogP contribution in [-0.4, -0.2) is 29.6 Å². The molecule has 1 amide bonds. The van der Waals surface area contributed by atoms with E-state index in [2.05, 4.69) is 29.6 Å². The van der Waals surface area contributed by atoms with Gasteiger partial charge in [-0.3, -0.25) is 9.59 Å². The third-order valence-corrected chi connectivity index (χ3v) is 7.08. The van der Waals surface area contributed by atoms with Gasteiger partial charge >= 0.3 is 5.97 Å². The van der Waals surface area contributed by atoms with Gasteiger partial charge in [-0.25, -0.2) is 0 Å². The summed E-state index contributed by atoms with van der Waals surface area (Å²) in [5.74, 6) is 0.172. The zero-order valence-electron chi connectivity index (χ0n) is 19.1. The molecule has 180 valence electrons. The maximum absolute atomic E-state index is 12.8. The van der Waals surface area contributed by atoms with Crippen LogP contribution in [0.5, 0.6) is 17.2 Å². The Bertz CT molecular complexity index is 1230. The number of carboxylic acids is 1. The molecule has 0 aromatic heterocycles. The Hall–Kier alpha value is -3.51. The highest BCUT2D eigenvalue weighted by Gasteiger charge is 2.29. The van der Waals surface area contributed by atoms with Crippen LogP contribution in [0, 0.1) is 0 Å². The molecule has 1 aliphatic heterocycles. The summed E-state index contributed by atoms with van der Waals surface area (Å²) in [5, 5.41) is 12.9. The summed E-state index contributed by atoms with van der Waals surface area (Å²) in [7, 11) is 0. The van der Waals surface area contributed by atoms with E-state index < -0.39 is 11.9 Å². The van der Waals surface area contributed by atoms with Gasteiger partial charge in [0.1, 0.15) is 17.2 Å². The number of aliphatic carboxylic acids is 1. The molecule has 6 nitrogen and oxygen atoms in total. The first-order valence-electron chi connectivity index (χ1n) is 11.8. The van der Waals surface area contributed by atoms with Crippen LogP contribution >= 0.6 is 11.6 Å². The molecular weight excluding hydrogens is 466 g/mol. The normalized spacial score (nSPS) is 21.0. The lowest BCUT2D eigenvalue weighted by atomic mass is 9.93. The van der Waals surface area contributed by atoms with Crippen LogP contribution in [0.1, 0.15) is 59.0 Å². The van der Waals surface area contributed by atoms with Crippen molar-refractivity contribution in [2.75, 3.05) is 6.61 Å². The van der Waals surface area contributed by atoms with Crippen LogP contribution in [-0.2, 0) is 4.79 Å². The molecule has 5 rings (SSSR count). The van der Waals surface area contributed by atoms with Crippen molar-refractivity contribution in [3.63, 3.8) is 0 Å². The molecule has 2 N–H and O–H groups in total. The fourth-order valence-corrected chi connectivity index (χ4v) is 5.15. The standard InChI is InChI=1S/C28H26ClNO5/c29-24-15-23-22(28(32)33)12-13-34-25(23)16-26(24)35-21-10-7-18(8-11-21)27(31)30-20-9-6-19(14-20)17-4-2-1-3-5-17/h1-5,7-8,10-11,15-16,19-20,22H,6,9,12-14H2,(H,30,31)(H,32,33). The molecule has 3 aromatic rings. The maximum Gasteiger partial charge on any atom is 0.311 e. The molecule has 2 aliphatic rings. The molecule has 1 aliphatic carbocycles. The molecule has 3 aromatic carbocycles. The largest absolute Gasteiger partial charge is 0.493 e. The number of hydrogen-bond acceptors (Lipinski definition) is 4. The van der Waals surface area contributed by atoms with Gasteiger partial charge in [0.05, 0.1) is 17.5 Å². The smallest absolute Gasteiger partial charge is 0.311 e. The van der Waals surface area contributed by atoms with Gasteiger partial charge in [0, 0.05) is 23.2 Å². The van der Waals surface area contributed by atoms with E-state index in [1.165, 1.54) is 5.56 Å². The summed E-state index contributed by atoms with van der Waals surface area (Å²) in [6.07, 6.45) is 3.38. The summed E-state index contributed by atoms with van der Waals surface area (Å²) in [5.41, 5.74) is 2.44. The summed E-state index contributed by atoms with van der Waals surface area (Å²) in [6.45, 7) is 0.321. The molecule has 7 heteroatoms. The van der Waals surface area contributed by atoms with Crippen LogP contribution in [0.25, 0.3) is 0 Å². The second-order valence-corrected chi connectivity index (χ2v) is 9.47. The molecule has 1 heterocycles. The Labute approximate surface area is 208 Å². The number of ether oxygens (including phenoxy) is 2. The highest BCUT2D eigenvalue weighted by Crippen LogP contribution is 2.42. The number of carbonyl (C=O) groups is 2. The quantitative estimate of drug-likeness (QED) is 0.432. The van der Waals surface area contributed by atoms with E-state index in [4.69, 9.17) is 21.1 Å². The number of carbonyl (C=O) groups excluding carboxylic acids is 1. The molecule has 1 fully saturated rings. The van der Waals surface area contributed by atoms with Crippen molar-refractivity contribution in [1.29, 1.82) is 0 Å². The first kappa shape index (κ1) is 23.2. The van der Waals surface area contributed by atoms with Gasteiger partial charge in [-0.15, -0.1) is 0 Å². The predicted molar refractivity (Wildman–Crippen MR) is 133 cm³/mol. The Morgan fingerprint density at radius 2 is 1.77 bits per heavy atom. The molecule has 35 heavy (non-hydrogen) atoms. The molecular formula is C28H26ClNO5. The van der Waals surface area contributed by atoms with Gasteiger partial charge < -0.3 is 19.9 Å². The topological polar surface area (TPSA) is 84.9 Å². The Balaban J connectivity index is 1.22. The second-order valence-electron chi connectivity index (χ2n) is 9.07. The lowest BCUT2D eigenvalue weighted by Crippen LogP contribution is -2.32. The Morgan fingerprint density at radius 1 is 1.00 bits per heavy atom. The average molecular weight is 492 g/mol. The van der Waals surface area contributed by atoms with Gasteiger partial charge in [-0.2, -0.15) is 0 Å². The maximum atomic E-state index is 12.8. The highest BCUT2D eigenvalue weighted by molar-refractivity contribution is 6.32. The first-order valence-corrected chi connectivity index (χ1v) is 12.2. The van der Waals surface area contributed by atoms with Crippen molar-refractivity contribution in [2.45, 2.75) is 43.6 Å². The first-order chi connectivity index (χ1) is 17.0. The predicted octanol–water partition coefficient (Wildman–Crippen LogP) is 6.15. The van der Waals surface area contributed by atoms with Crippen LogP contribution in [0.3, 0.4) is 0 Å². The summed E-state index contributed by atoms with van der Waals surface area (Å²) in [6, 6.07) is 20.7. The number of fused-ring (bicyclic) bond motifs is 1. The van der Waals surface area contributed by atoms with E-state index in [-0.39, 0.29) is 11.9 Å². The van der Waals surface area contributed by atoms with Crippen molar-refractivity contribution in [3.8, 4) is 17.2 Å². The molecule has 1 saturated carbocycles. The van der Waals surface area contributed by atoms with Gasteiger partial charge in [0.25, 0.3) is 5.91 Å². The van der Waals surface area contributed by atoms with Crippen molar-refractivity contribution in [2.24, 2.45) is 0 Å². The van der Waals surface area contributed by atoms with E-state index in [1.807, 2.05) is 6.07 Å². The fraction of sp³-hybridized carbons (Fsp3) is 0.286. The van der Waals surface area contributed by atoms with E-state index in [0.717, 1.165) is 19.3 Å². The van der Waals surface area contributed by atoms with Crippen molar-refractivity contribution in [1.82, 2.24) is 5.32 Å². The zero-order valence-corrected chi connectivity index (χ0v) is 19.8. The number of hydrogen-bond donors (Lipinski definition) is 2. The fourth-order valence-electron chi connectivity index (χ4n) is 4.94. The zero-order chi connectivity index (χ0) is 24.4. The minimum Gasteiger partial charge on any atom is -0.493 e. The second kappa shape index (κ2) is 10.0. The number of rotatable bonds is 6. The summed E-state index contributed by atoms with van der Waals surface area (Å²) in [4.78, 5) is 24.3. The van der Waals surface area contributed by atoms with Crippen LogP contribution in [0.15, 0.2) is 66.7 Å². The van der Waals surface area contributed by atoms with Crippen LogP contribution in [0.4, 0.5) is 0 Å². The van der Waals surface area contributed by atoms with E-state index in [0.29, 0.717) is 52.3 Å². The minimum absolute atomic E-state index is 0.102. The summed E-state index contributed by atoms with van der Waals surface area (Å²) < 4.78 is 11.5. The van der Waals surface area contributed by atoms with E-state index >= 15 is 0 Å². The lowest BCUT2D eigenvalue weighted by molar-refractivity contribution is -0.139. The van der Waals surface area contributed by atoms with Gasteiger partial charge in [0.15, 0.2) is 0 Å². The molecule has 0 radical (unpaired) electrons. The third kappa shape index (κ3) is 5.13. The number of benzene rings is 3. The van der Waals surface area contributed by atoms with Crippen molar-refractivity contribution in [3.05, 3.63) is 88.4 Å². The van der Waals surface area contributed by atoms with Crippen LogP contribution in [0.2, 0.25) is 5.02 Å². The molecule has 0 spiro atoms. The molecule has 3 unspecified atom stereocenters. The number of nitrogens with one attached hydrogen (secondary N) is 1. The molecule has 0 bridgehead atoms. The lowest BCUT2D eigenvalue weighted by Gasteiger charge is -2.24. The Morgan fingerprint density at radius 3 is 2.51 bits per heavy atom. The van der Waals surface area contributed by atoms with Gasteiger partial charge in [0.2, 0.25) is 0 Å². The molecule has 0 saturated heterocycles. The van der Waals surface area contributed by atoms with Crippen molar-refractivity contribution >= 4 is 23.5 Å².